The summed E-state index contributed by atoms with van der Waals surface area (Å²) in [5.74, 6) is 2.78. The lowest BCUT2D eigenvalue weighted by molar-refractivity contribution is -0.165. The van der Waals surface area contributed by atoms with E-state index >= 15 is 0 Å². The Morgan fingerprint density at radius 3 is 2.89 bits per heavy atom. The van der Waals surface area contributed by atoms with E-state index in [-0.39, 0.29) is 17.0 Å². The fourth-order valence-corrected chi connectivity index (χ4v) is 8.07. The van der Waals surface area contributed by atoms with Gasteiger partial charge >= 0.3 is 5.97 Å². The Morgan fingerprint density at radius 2 is 2.21 bits per heavy atom. The molecule has 1 spiro atoms. The highest BCUT2D eigenvalue weighted by Crippen LogP contribution is 2.69. The van der Waals surface area contributed by atoms with Crippen LogP contribution in [0.2, 0.25) is 0 Å². The number of nitrogens with zero attached hydrogens (tertiary/aromatic N) is 1. The molecule has 5 aliphatic rings. The topological polar surface area (TPSA) is 58.9 Å². The van der Waals surface area contributed by atoms with Crippen LogP contribution in [0.25, 0.3) is 0 Å². The predicted molar refractivity (Wildman–Crippen MR) is 108 cm³/mol. The number of carbonyl (C=O) groups is 1. The number of ether oxygens (including phenoxy) is 1. The third-order valence-electron chi connectivity index (χ3n) is 9.12. The zero-order valence-corrected chi connectivity index (χ0v) is 16.8. The van der Waals surface area contributed by atoms with Crippen molar-refractivity contribution in [3.8, 4) is 0 Å². The van der Waals surface area contributed by atoms with Gasteiger partial charge in [-0.2, -0.15) is 0 Å². The second kappa shape index (κ2) is 6.33. The molecule has 4 aliphatic carbocycles. The second-order valence-electron chi connectivity index (χ2n) is 9.64. The molecule has 0 saturated heterocycles. The number of carbonyl (C=O) groups excluding carboxylic acids is 1. The second-order valence-corrected chi connectivity index (χ2v) is 9.64. The minimum atomic E-state index is -0.375. The maximum Gasteiger partial charge on any atom is 0.331 e. The molecule has 1 N–H and O–H groups in total. The molecule has 3 fully saturated rings. The molecule has 0 aromatic carbocycles. The van der Waals surface area contributed by atoms with Crippen LogP contribution in [0.3, 0.4) is 0 Å². The Balaban J connectivity index is 1.54. The summed E-state index contributed by atoms with van der Waals surface area (Å²) in [5.41, 5.74) is 1.99. The Hall–Kier alpha value is -1.84. The van der Waals surface area contributed by atoms with E-state index in [1.165, 1.54) is 12.0 Å². The van der Waals surface area contributed by atoms with Crippen LogP contribution in [0.15, 0.2) is 41.6 Å². The largest absolute Gasteiger partial charge is 0.451 e. The smallest absolute Gasteiger partial charge is 0.331 e. The van der Waals surface area contributed by atoms with Crippen LogP contribution in [0.5, 0.6) is 0 Å². The highest BCUT2D eigenvalue weighted by atomic mass is 16.6. The van der Waals surface area contributed by atoms with Crippen molar-refractivity contribution in [2.24, 2.45) is 40.2 Å². The Labute approximate surface area is 167 Å². The van der Waals surface area contributed by atoms with Crippen LogP contribution >= 0.6 is 0 Å². The Morgan fingerprint density at radius 1 is 1.36 bits per heavy atom. The number of hydrogen-bond acceptors (Lipinski definition) is 4. The van der Waals surface area contributed by atoms with Crippen LogP contribution in [-0.2, 0) is 9.53 Å². The van der Waals surface area contributed by atoms with Gasteiger partial charge < -0.3 is 9.94 Å². The van der Waals surface area contributed by atoms with Gasteiger partial charge in [0.25, 0.3) is 0 Å². The molecule has 0 aromatic heterocycles. The van der Waals surface area contributed by atoms with E-state index in [4.69, 9.17) is 4.74 Å². The maximum atomic E-state index is 12.0. The molecule has 1 heterocycles. The first-order chi connectivity index (χ1) is 13.6. The summed E-state index contributed by atoms with van der Waals surface area (Å²) >= 11 is 0. The van der Waals surface area contributed by atoms with Crippen LogP contribution < -0.4 is 0 Å². The fraction of sp³-hybridized carbons (Fsp3) is 0.667. The molecule has 28 heavy (non-hydrogen) atoms. The minimum Gasteiger partial charge on any atom is -0.451 e. The van der Waals surface area contributed by atoms with E-state index in [9.17, 15) is 10.0 Å². The zero-order chi connectivity index (χ0) is 19.5. The summed E-state index contributed by atoms with van der Waals surface area (Å²) in [6.45, 7) is 6.50. The molecule has 7 atom stereocenters. The first kappa shape index (κ1) is 18.2. The quantitative estimate of drug-likeness (QED) is 0.315. The van der Waals surface area contributed by atoms with Crippen LogP contribution in [0.4, 0.5) is 0 Å². The van der Waals surface area contributed by atoms with E-state index in [2.05, 4.69) is 36.9 Å². The highest BCUT2D eigenvalue weighted by molar-refractivity contribution is 5.96. The van der Waals surface area contributed by atoms with Crippen molar-refractivity contribution >= 4 is 11.7 Å². The van der Waals surface area contributed by atoms with Gasteiger partial charge in [0.15, 0.2) is 0 Å². The lowest BCUT2D eigenvalue weighted by atomic mass is 9.47. The van der Waals surface area contributed by atoms with Crippen molar-refractivity contribution < 1.29 is 14.7 Å². The van der Waals surface area contributed by atoms with E-state index < -0.39 is 0 Å². The molecular formula is C24H31NO3. The van der Waals surface area contributed by atoms with Crippen LogP contribution in [0, 0.1) is 35.0 Å². The standard InChI is InChI=1S/C24H31NO3/c1-3-15-13-16-14-17(25-27)5-6-18(16)19-7-10-23(4-2)20(22(15)19)8-11-24(23)12-9-21(26)28-24/h3,9,12,14-15,18-20,22,27H,1,4-8,10-11,13H2,2H3/t15?,18-,19?,20?,22?,23-,24+/m0/s1. The van der Waals surface area contributed by atoms with E-state index in [1.54, 1.807) is 6.08 Å². The van der Waals surface area contributed by atoms with Gasteiger partial charge in [-0.25, -0.2) is 4.79 Å². The predicted octanol–water partition coefficient (Wildman–Crippen LogP) is 5.04. The summed E-state index contributed by atoms with van der Waals surface area (Å²) in [6.07, 6.45) is 16.6. The third-order valence-corrected chi connectivity index (χ3v) is 9.12. The molecule has 1 aliphatic heterocycles. The molecule has 5 rings (SSSR count). The van der Waals surface area contributed by atoms with Crippen molar-refractivity contribution in [3.63, 3.8) is 0 Å². The van der Waals surface area contributed by atoms with Crippen molar-refractivity contribution in [3.05, 3.63) is 36.5 Å². The average Bonchev–Trinajstić information content (AvgIpc) is 3.27. The third kappa shape index (κ3) is 2.23. The minimum absolute atomic E-state index is 0.0751. The summed E-state index contributed by atoms with van der Waals surface area (Å²) in [7, 11) is 0. The van der Waals surface area contributed by atoms with Gasteiger partial charge in [-0.15, -0.1) is 6.58 Å². The Bertz CT molecular complexity index is 796. The molecule has 0 bridgehead atoms. The SMILES string of the molecule is C=CC1CC2=CC(=NO)CC[C@@H]2C2CC[C@@]3(CC)C(CC[C@@]34C=CC(=O)O4)C12. The molecular weight excluding hydrogens is 350 g/mol. The normalized spacial score (nSPS) is 48.0. The molecule has 0 amide bonds. The van der Waals surface area contributed by atoms with Gasteiger partial charge in [0.1, 0.15) is 5.60 Å². The number of esters is 1. The molecule has 150 valence electrons. The number of fused-ring (bicyclic) bond motifs is 6. The summed E-state index contributed by atoms with van der Waals surface area (Å²) in [4.78, 5) is 12.0. The number of rotatable bonds is 2. The summed E-state index contributed by atoms with van der Waals surface area (Å²) < 4.78 is 6.03. The monoisotopic (exact) mass is 381 g/mol. The van der Waals surface area contributed by atoms with Gasteiger partial charge in [0, 0.05) is 11.5 Å². The molecule has 4 nitrogen and oxygen atoms in total. The molecule has 3 saturated carbocycles. The molecule has 4 heteroatoms. The summed E-state index contributed by atoms with van der Waals surface area (Å²) in [6, 6.07) is 0. The van der Waals surface area contributed by atoms with Crippen molar-refractivity contribution in [2.75, 3.05) is 0 Å². The van der Waals surface area contributed by atoms with Gasteiger partial charge in [-0.3, -0.25) is 0 Å². The molecule has 0 aromatic rings. The first-order valence-electron chi connectivity index (χ1n) is 11.0. The van der Waals surface area contributed by atoms with E-state index in [0.29, 0.717) is 29.6 Å². The number of oxime groups is 1. The lowest BCUT2D eigenvalue weighted by Gasteiger charge is -2.58. The number of hydrogen-bond donors (Lipinski definition) is 1. The van der Waals surface area contributed by atoms with Gasteiger partial charge in [-0.05, 0) is 93.1 Å². The zero-order valence-electron chi connectivity index (χ0n) is 16.8. The van der Waals surface area contributed by atoms with Gasteiger partial charge in [-0.1, -0.05) is 23.7 Å². The fourth-order valence-electron chi connectivity index (χ4n) is 8.07. The van der Waals surface area contributed by atoms with E-state index in [0.717, 1.165) is 50.7 Å². The first-order valence-corrected chi connectivity index (χ1v) is 11.0. The van der Waals surface area contributed by atoms with Crippen molar-refractivity contribution in [2.45, 2.75) is 63.9 Å². The number of allylic oxidation sites excluding steroid dienone is 3. The highest BCUT2D eigenvalue weighted by Gasteiger charge is 2.67. The van der Waals surface area contributed by atoms with Crippen LogP contribution in [0.1, 0.15) is 58.3 Å². The molecule has 4 unspecified atom stereocenters. The average molecular weight is 382 g/mol. The lowest BCUT2D eigenvalue weighted by Crippen LogP contribution is -2.55. The van der Waals surface area contributed by atoms with Crippen molar-refractivity contribution in [1.82, 2.24) is 0 Å². The van der Waals surface area contributed by atoms with E-state index in [1.807, 2.05) is 0 Å². The Kier molecular flexibility index (Phi) is 4.12. The van der Waals surface area contributed by atoms with Gasteiger partial charge in [0.2, 0.25) is 0 Å². The van der Waals surface area contributed by atoms with Crippen molar-refractivity contribution in [1.29, 1.82) is 0 Å². The van der Waals surface area contributed by atoms with Gasteiger partial charge in [0.05, 0.1) is 5.71 Å². The summed E-state index contributed by atoms with van der Waals surface area (Å²) in [5, 5.41) is 12.7. The van der Waals surface area contributed by atoms with Crippen LogP contribution in [-0.4, -0.2) is 22.5 Å². The molecule has 0 radical (unpaired) electrons. The maximum absolute atomic E-state index is 12.0.